The number of para-hydroxylation sites is 1. The first-order valence-electron chi connectivity index (χ1n) is 9.20. The first-order valence-corrected chi connectivity index (χ1v) is 9.58. The van der Waals surface area contributed by atoms with Gasteiger partial charge in [-0.05, 0) is 36.6 Å². The van der Waals surface area contributed by atoms with Crippen molar-refractivity contribution in [2.24, 2.45) is 0 Å². The van der Waals surface area contributed by atoms with Gasteiger partial charge in [0.2, 0.25) is 11.8 Å². The summed E-state index contributed by atoms with van der Waals surface area (Å²) in [6.45, 7) is 1.95. The summed E-state index contributed by atoms with van der Waals surface area (Å²) >= 11 is 6.11. The van der Waals surface area contributed by atoms with Crippen molar-refractivity contribution in [2.45, 2.75) is 25.3 Å². The Morgan fingerprint density at radius 3 is 2.33 bits per heavy atom. The van der Waals surface area contributed by atoms with Crippen LogP contribution in [0.4, 0.5) is 5.69 Å². The highest BCUT2D eigenvalue weighted by atomic mass is 35.5. The summed E-state index contributed by atoms with van der Waals surface area (Å²) < 4.78 is 0. The Labute approximate surface area is 164 Å². The van der Waals surface area contributed by atoms with Gasteiger partial charge in [-0.15, -0.1) is 0 Å². The molecule has 3 rings (SSSR count). The molecule has 142 valence electrons. The number of anilines is 1. The molecule has 0 atom stereocenters. The molecule has 0 aromatic heterocycles. The third-order valence-corrected chi connectivity index (χ3v) is 5.06. The van der Waals surface area contributed by atoms with Gasteiger partial charge < -0.3 is 10.6 Å². The van der Waals surface area contributed by atoms with E-state index in [-0.39, 0.29) is 17.9 Å². The lowest BCUT2D eigenvalue weighted by atomic mass is 10.0. The minimum absolute atomic E-state index is 0.0108. The third kappa shape index (κ3) is 6.08. The Bertz CT molecular complexity index is 774. The molecule has 2 aromatic rings. The molecule has 1 fully saturated rings. The monoisotopic (exact) mass is 385 g/mol. The lowest BCUT2D eigenvalue weighted by molar-refractivity contribution is -0.122. The van der Waals surface area contributed by atoms with Crippen molar-refractivity contribution >= 4 is 29.1 Å². The number of likely N-dealkylation sites (tertiary alicyclic amines) is 1. The van der Waals surface area contributed by atoms with E-state index >= 15 is 0 Å². The zero-order valence-electron chi connectivity index (χ0n) is 15.2. The van der Waals surface area contributed by atoms with E-state index in [1.165, 1.54) is 0 Å². The topological polar surface area (TPSA) is 61.4 Å². The number of nitrogens with one attached hydrogen (secondary N) is 2. The highest BCUT2D eigenvalue weighted by Gasteiger charge is 2.22. The molecule has 1 heterocycles. The fourth-order valence-electron chi connectivity index (χ4n) is 3.25. The number of benzene rings is 2. The van der Waals surface area contributed by atoms with E-state index in [4.69, 9.17) is 11.6 Å². The Morgan fingerprint density at radius 1 is 0.963 bits per heavy atom. The number of hydrogen-bond acceptors (Lipinski definition) is 3. The molecule has 6 heteroatoms. The second-order valence-corrected chi connectivity index (χ2v) is 7.21. The molecule has 1 aliphatic rings. The molecule has 5 nitrogen and oxygen atoms in total. The number of hydrogen-bond donors (Lipinski definition) is 2. The average Bonchev–Trinajstić information content (AvgIpc) is 2.66. The van der Waals surface area contributed by atoms with Crippen LogP contribution in [0, 0.1) is 0 Å². The number of carbonyl (C=O) groups is 2. The molecule has 27 heavy (non-hydrogen) atoms. The zero-order chi connectivity index (χ0) is 19.1. The fourth-order valence-corrected chi connectivity index (χ4v) is 3.46. The predicted molar refractivity (Wildman–Crippen MR) is 108 cm³/mol. The average molecular weight is 386 g/mol. The van der Waals surface area contributed by atoms with Crippen molar-refractivity contribution < 1.29 is 9.59 Å². The summed E-state index contributed by atoms with van der Waals surface area (Å²) in [6, 6.07) is 17.0. The minimum atomic E-state index is -0.0117. The highest BCUT2D eigenvalue weighted by Crippen LogP contribution is 2.16. The van der Waals surface area contributed by atoms with Gasteiger partial charge in [-0.2, -0.15) is 0 Å². The molecule has 2 N–H and O–H groups in total. The second-order valence-electron chi connectivity index (χ2n) is 6.80. The fraction of sp³-hybridized carbons (Fsp3) is 0.333. The first kappa shape index (κ1) is 19.4. The van der Waals surface area contributed by atoms with Crippen molar-refractivity contribution in [3.05, 3.63) is 65.2 Å². The van der Waals surface area contributed by atoms with Gasteiger partial charge in [0.1, 0.15) is 0 Å². The zero-order valence-corrected chi connectivity index (χ0v) is 15.9. The summed E-state index contributed by atoms with van der Waals surface area (Å²) in [4.78, 5) is 26.5. The maximum atomic E-state index is 12.2. The molecule has 0 aliphatic carbocycles. The van der Waals surface area contributed by atoms with Crippen molar-refractivity contribution in [1.82, 2.24) is 10.2 Å². The van der Waals surface area contributed by atoms with E-state index in [0.29, 0.717) is 18.0 Å². The van der Waals surface area contributed by atoms with Crippen molar-refractivity contribution in [1.29, 1.82) is 0 Å². The molecular weight excluding hydrogens is 362 g/mol. The van der Waals surface area contributed by atoms with Crippen molar-refractivity contribution in [3.8, 4) is 0 Å². The highest BCUT2D eigenvalue weighted by molar-refractivity contribution is 6.31. The molecule has 1 aliphatic heterocycles. The van der Waals surface area contributed by atoms with E-state index in [9.17, 15) is 9.59 Å². The smallest absolute Gasteiger partial charge is 0.238 e. The molecule has 0 unspecified atom stereocenters. The van der Waals surface area contributed by atoms with Crippen LogP contribution >= 0.6 is 11.6 Å². The molecule has 0 bridgehead atoms. The minimum Gasteiger partial charge on any atom is -0.353 e. The van der Waals surface area contributed by atoms with E-state index in [2.05, 4.69) is 15.5 Å². The number of halogens is 1. The molecule has 0 spiro atoms. The summed E-state index contributed by atoms with van der Waals surface area (Å²) in [5, 5.41) is 6.60. The van der Waals surface area contributed by atoms with Crippen molar-refractivity contribution in [2.75, 3.05) is 25.0 Å². The van der Waals surface area contributed by atoms with Crippen LogP contribution in [0.2, 0.25) is 5.02 Å². The quantitative estimate of drug-likeness (QED) is 0.803. The van der Waals surface area contributed by atoms with E-state index in [1.807, 2.05) is 48.5 Å². The number of rotatable bonds is 6. The summed E-state index contributed by atoms with van der Waals surface area (Å²) in [5.74, 6) is -0.0224. The molecular formula is C21H24ClN3O2. The van der Waals surface area contributed by atoms with E-state index in [0.717, 1.165) is 37.2 Å². The van der Waals surface area contributed by atoms with Crippen LogP contribution in [0.25, 0.3) is 0 Å². The summed E-state index contributed by atoms with van der Waals surface area (Å²) in [6.07, 6.45) is 1.97. The van der Waals surface area contributed by atoms with Crippen LogP contribution in [-0.2, 0) is 16.0 Å². The van der Waals surface area contributed by atoms with Gasteiger partial charge in [-0.25, -0.2) is 0 Å². The Balaban J connectivity index is 1.39. The van der Waals surface area contributed by atoms with Crippen LogP contribution in [0.1, 0.15) is 18.4 Å². The predicted octanol–water partition coefficient (Wildman–Crippen LogP) is 3.10. The molecule has 2 aromatic carbocycles. The second kappa shape index (κ2) is 9.53. The summed E-state index contributed by atoms with van der Waals surface area (Å²) in [7, 11) is 0. The van der Waals surface area contributed by atoms with Crippen LogP contribution in [0.5, 0.6) is 0 Å². The van der Waals surface area contributed by atoms with E-state index < -0.39 is 0 Å². The SMILES string of the molecule is O=C(CN1CCC(NC(=O)Cc2ccccc2Cl)CC1)Nc1ccccc1. The Kier molecular flexibility index (Phi) is 6.85. The Hall–Kier alpha value is -2.37. The molecule has 1 saturated heterocycles. The van der Waals surface area contributed by atoms with Crippen LogP contribution < -0.4 is 10.6 Å². The van der Waals surface area contributed by atoms with Gasteiger partial charge >= 0.3 is 0 Å². The van der Waals surface area contributed by atoms with Crippen molar-refractivity contribution in [3.63, 3.8) is 0 Å². The largest absolute Gasteiger partial charge is 0.353 e. The third-order valence-electron chi connectivity index (χ3n) is 4.69. The molecule has 2 amide bonds. The van der Waals surface area contributed by atoms with Gasteiger partial charge in [0, 0.05) is 29.8 Å². The number of amides is 2. The molecule has 0 radical (unpaired) electrons. The van der Waals surface area contributed by atoms with Gasteiger partial charge in [0.15, 0.2) is 0 Å². The van der Waals surface area contributed by atoms with Gasteiger partial charge in [0.25, 0.3) is 0 Å². The standard InChI is InChI=1S/C21H24ClN3O2/c22-19-9-5-4-6-16(19)14-20(26)23-18-10-12-25(13-11-18)15-21(27)24-17-7-2-1-3-8-17/h1-9,18H,10-15H2,(H,23,26)(H,24,27). The van der Waals surface area contributed by atoms with Gasteiger partial charge in [-0.3, -0.25) is 14.5 Å². The number of nitrogens with zero attached hydrogens (tertiary/aromatic N) is 1. The van der Waals surface area contributed by atoms with E-state index in [1.54, 1.807) is 6.07 Å². The van der Waals surface area contributed by atoms with Crippen LogP contribution in [0.3, 0.4) is 0 Å². The lowest BCUT2D eigenvalue weighted by Crippen LogP contribution is -2.46. The lowest BCUT2D eigenvalue weighted by Gasteiger charge is -2.31. The molecule has 0 saturated carbocycles. The Morgan fingerprint density at radius 2 is 1.63 bits per heavy atom. The number of carbonyl (C=O) groups excluding carboxylic acids is 2. The normalized spacial score (nSPS) is 15.3. The van der Waals surface area contributed by atoms with Crippen LogP contribution in [0.15, 0.2) is 54.6 Å². The number of piperidine rings is 1. The first-order chi connectivity index (χ1) is 13.1. The maximum Gasteiger partial charge on any atom is 0.238 e. The van der Waals surface area contributed by atoms with Crippen LogP contribution in [-0.4, -0.2) is 42.4 Å². The summed E-state index contributed by atoms with van der Waals surface area (Å²) in [5.41, 5.74) is 1.65. The maximum absolute atomic E-state index is 12.2. The van der Waals surface area contributed by atoms with Gasteiger partial charge in [0.05, 0.1) is 13.0 Å². The van der Waals surface area contributed by atoms with Gasteiger partial charge in [-0.1, -0.05) is 48.0 Å².